The van der Waals surface area contributed by atoms with Gasteiger partial charge in [-0.05, 0) is 19.3 Å². The number of nitrogens with zero attached hydrogens (tertiary/aromatic N) is 1. The number of anilines is 1. The summed E-state index contributed by atoms with van der Waals surface area (Å²) in [6.07, 6.45) is -3.50. The average Bonchev–Trinajstić information content (AvgIpc) is 2.41. The normalized spacial score (nSPS) is 22.1. The van der Waals surface area contributed by atoms with Crippen LogP contribution < -0.4 is 5.73 Å². The second-order valence-electron chi connectivity index (χ2n) is 3.40. The molecule has 0 saturated carbocycles. The molecule has 78 valence electrons. The molecule has 1 aliphatic carbocycles. The van der Waals surface area contributed by atoms with Crippen molar-refractivity contribution >= 4 is 16.5 Å². The first kappa shape index (κ1) is 9.76. The van der Waals surface area contributed by atoms with Gasteiger partial charge in [0.1, 0.15) is 0 Å². The summed E-state index contributed by atoms with van der Waals surface area (Å²) in [7, 11) is 0. The highest BCUT2D eigenvalue weighted by Crippen LogP contribution is 2.39. The van der Waals surface area contributed by atoms with Gasteiger partial charge in [-0.1, -0.05) is 0 Å². The molecule has 0 fully saturated rings. The first-order chi connectivity index (χ1) is 6.47. The lowest BCUT2D eigenvalue weighted by Crippen LogP contribution is -2.28. The summed E-state index contributed by atoms with van der Waals surface area (Å²) in [6, 6.07) is 0. The number of nitrogens with two attached hydrogens (primary N) is 1. The molecule has 0 radical (unpaired) electrons. The molecule has 0 amide bonds. The molecule has 0 spiro atoms. The molecular formula is C8H9F3N2S. The lowest BCUT2D eigenvalue weighted by atomic mass is 9.91. The second kappa shape index (κ2) is 3.12. The first-order valence-corrected chi connectivity index (χ1v) is 5.09. The maximum Gasteiger partial charge on any atom is 0.392 e. The standard InChI is InChI=1S/C8H9F3N2S/c9-8(10,11)4-1-2-5-6(3-4)14-7(12)13-5/h4H,1-3H2,(H2,12,13). The summed E-state index contributed by atoms with van der Waals surface area (Å²) in [6.45, 7) is 0. The molecule has 0 aromatic carbocycles. The third-order valence-corrected chi connectivity index (χ3v) is 3.37. The van der Waals surface area contributed by atoms with Crippen molar-refractivity contribution in [1.29, 1.82) is 0 Å². The molecule has 0 bridgehead atoms. The number of hydrogen-bond acceptors (Lipinski definition) is 3. The highest BCUT2D eigenvalue weighted by molar-refractivity contribution is 7.15. The molecule has 6 heteroatoms. The highest BCUT2D eigenvalue weighted by atomic mass is 32.1. The van der Waals surface area contributed by atoms with Gasteiger partial charge in [0.15, 0.2) is 5.13 Å². The molecule has 1 atom stereocenters. The fourth-order valence-corrected chi connectivity index (χ4v) is 2.63. The van der Waals surface area contributed by atoms with E-state index in [9.17, 15) is 13.2 Å². The molecule has 2 rings (SSSR count). The average molecular weight is 222 g/mol. The number of rotatable bonds is 0. The van der Waals surface area contributed by atoms with Crippen LogP contribution in [0.5, 0.6) is 0 Å². The highest BCUT2D eigenvalue weighted by Gasteiger charge is 2.41. The van der Waals surface area contributed by atoms with Gasteiger partial charge in [-0.15, -0.1) is 11.3 Å². The zero-order chi connectivity index (χ0) is 10.3. The molecule has 2 nitrogen and oxygen atoms in total. The molecule has 1 unspecified atom stereocenters. The summed E-state index contributed by atoms with van der Waals surface area (Å²) in [5, 5.41) is 0.373. The van der Waals surface area contributed by atoms with Gasteiger partial charge in [-0.2, -0.15) is 13.2 Å². The van der Waals surface area contributed by atoms with Crippen LogP contribution in [0.4, 0.5) is 18.3 Å². The van der Waals surface area contributed by atoms with Crippen LogP contribution in [0.15, 0.2) is 0 Å². The SMILES string of the molecule is Nc1nc2c(s1)CC(C(F)(F)F)CC2. The number of aryl methyl sites for hydroxylation is 1. The van der Waals surface area contributed by atoms with E-state index in [1.807, 2.05) is 0 Å². The van der Waals surface area contributed by atoms with Crippen LogP contribution in [0.25, 0.3) is 0 Å². The number of thiazole rings is 1. The van der Waals surface area contributed by atoms with E-state index in [1.165, 1.54) is 11.3 Å². The number of aromatic nitrogens is 1. The van der Waals surface area contributed by atoms with E-state index in [4.69, 9.17) is 5.73 Å². The molecule has 0 saturated heterocycles. The van der Waals surface area contributed by atoms with Crippen molar-refractivity contribution in [3.8, 4) is 0 Å². The number of alkyl halides is 3. The molecule has 1 heterocycles. The maximum absolute atomic E-state index is 12.4. The van der Waals surface area contributed by atoms with Crippen molar-refractivity contribution in [2.24, 2.45) is 5.92 Å². The van der Waals surface area contributed by atoms with Crippen LogP contribution >= 0.6 is 11.3 Å². The van der Waals surface area contributed by atoms with Gasteiger partial charge in [0.2, 0.25) is 0 Å². The lowest BCUT2D eigenvalue weighted by molar-refractivity contribution is -0.176. The third-order valence-electron chi connectivity index (χ3n) is 2.42. The van der Waals surface area contributed by atoms with E-state index >= 15 is 0 Å². The van der Waals surface area contributed by atoms with Crippen LogP contribution in [-0.2, 0) is 12.8 Å². The number of fused-ring (bicyclic) bond motifs is 1. The fourth-order valence-electron chi connectivity index (χ4n) is 1.67. The van der Waals surface area contributed by atoms with Gasteiger partial charge in [-0.25, -0.2) is 4.98 Å². The molecule has 2 N–H and O–H groups in total. The Kier molecular flexibility index (Phi) is 2.17. The van der Waals surface area contributed by atoms with Crippen LogP contribution in [0.1, 0.15) is 17.0 Å². The maximum atomic E-state index is 12.4. The van der Waals surface area contributed by atoms with Crippen LogP contribution in [0, 0.1) is 5.92 Å². The van der Waals surface area contributed by atoms with E-state index in [0.29, 0.717) is 16.4 Å². The van der Waals surface area contributed by atoms with Crippen molar-refractivity contribution in [2.45, 2.75) is 25.4 Å². The second-order valence-corrected chi connectivity index (χ2v) is 4.52. The third kappa shape index (κ3) is 1.70. The van der Waals surface area contributed by atoms with E-state index in [0.717, 1.165) is 5.69 Å². The Morgan fingerprint density at radius 3 is 2.79 bits per heavy atom. The van der Waals surface area contributed by atoms with Crippen LogP contribution in [-0.4, -0.2) is 11.2 Å². The zero-order valence-electron chi connectivity index (χ0n) is 7.27. The molecule has 1 aliphatic rings. The first-order valence-electron chi connectivity index (χ1n) is 4.27. The summed E-state index contributed by atoms with van der Waals surface area (Å²) in [4.78, 5) is 4.70. The summed E-state index contributed by atoms with van der Waals surface area (Å²) < 4.78 is 37.2. The quantitative estimate of drug-likeness (QED) is 0.732. The van der Waals surface area contributed by atoms with E-state index in [-0.39, 0.29) is 12.8 Å². The van der Waals surface area contributed by atoms with Crippen LogP contribution in [0.3, 0.4) is 0 Å². The monoisotopic (exact) mass is 222 g/mol. The van der Waals surface area contributed by atoms with Crippen LogP contribution in [0.2, 0.25) is 0 Å². The van der Waals surface area contributed by atoms with Crippen molar-refractivity contribution in [1.82, 2.24) is 4.98 Å². The molecule has 1 aromatic rings. The van der Waals surface area contributed by atoms with E-state index in [1.54, 1.807) is 0 Å². The summed E-state index contributed by atoms with van der Waals surface area (Å²) >= 11 is 1.18. The van der Waals surface area contributed by atoms with Gasteiger partial charge < -0.3 is 5.73 Å². The topological polar surface area (TPSA) is 38.9 Å². The number of hydrogen-bond donors (Lipinski definition) is 1. The Labute approximate surface area is 82.9 Å². The zero-order valence-corrected chi connectivity index (χ0v) is 8.08. The van der Waals surface area contributed by atoms with Gasteiger partial charge in [0.25, 0.3) is 0 Å². The Bertz CT molecular complexity index is 345. The van der Waals surface area contributed by atoms with Gasteiger partial charge in [0, 0.05) is 4.88 Å². The minimum atomic E-state index is -4.09. The Hall–Kier alpha value is -0.780. The Morgan fingerprint density at radius 1 is 1.43 bits per heavy atom. The molecule has 14 heavy (non-hydrogen) atoms. The predicted octanol–water partition coefficient (Wildman–Crippen LogP) is 2.39. The van der Waals surface area contributed by atoms with Gasteiger partial charge in [0.05, 0.1) is 11.6 Å². The molecule has 1 aromatic heterocycles. The predicted molar refractivity (Wildman–Crippen MR) is 48.1 cm³/mol. The largest absolute Gasteiger partial charge is 0.392 e. The van der Waals surface area contributed by atoms with E-state index < -0.39 is 12.1 Å². The summed E-state index contributed by atoms with van der Waals surface area (Å²) in [5.74, 6) is -1.21. The van der Waals surface area contributed by atoms with Gasteiger partial charge in [-0.3, -0.25) is 0 Å². The number of halogens is 3. The van der Waals surface area contributed by atoms with Crippen molar-refractivity contribution < 1.29 is 13.2 Å². The molecule has 0 aliphatic heterocycles. The minimum absolute atomic E-state index is 0.0493. The summed E-state index contributed by atoms with van der Waals surface area (Å²) in [5.41, 5.74) is 6.20. The Balaban J connectivity index is 2.21. The van der Waals surface area contributed by atoms with Crippen molar-refractivity contribution in [3.63, 3.8) is 0 Å². The Morgan fingerprint density at radius 2 is 2.14 bits per heavy atom. The fraction of sp³-hybridized carbons (Fsp3) is 0.625. The molecular weight excluding hydrogens is 213 g/mol. The van der Waals surface area contributed by atoms with Gasteiger partial charge >= 0.3 is 6.18 Å². The van der Waals surface area contributed by atoms with Crippen molar-refractivity contribution in [2.75, 3.05) is 5.73 Å². The van der Waals surface area contributed by atoms with Crippen molar-refractivity contribution in [3.05, 3.63) is 10.6 Å². The minimum Gasteiger partial charge on any atom is -0.375 e. The smallest absolute Gasteiger partial charge is 0.375 e. The van der Waals surface area contributed by atoms with E-state index in [2.05, 4.69) is 4.98 Å². The number of nitrogen functional groups attached to an aromatic ring is 1. The lowest BCUT2D eigenvalue weighted by Gasteiger charge is -2.23.